The highest BCUT2D eigenvalue weighted by atomic mass is 15.4. The molecule has 0 nitrogen and oxygen atoms in total. The molecule has 0 atom stereocenters. The predicted molar refractivity (Wildman–Crippen MR) is 35.9 cm³/mol. The van der Waals surface area contributed by atoms with Crippen molar-refractivity contribution in [1.29, 1.82) is 0 Å². The zero-order chi connectivity index (χ0) is 5.98. The molecule has 0 aliphatic rings. The van der Waals surface area contributed by atoms with Crippen molar-refractivity contribution in [2.75, 3.05) is 0 Å². The second-order valence-corrected chi connectivity index (χ2v) is 2.08. The van der Waals surface area contributed by atoms with Crippen LogP contribution in [0.2, 0.25) is 0 Å². The minimum Gasteiger partial charge on any atom is -0.0620 e. The van der Waals surface area contributed by atoms with E-state index in [4.69, 9.17) is 0 Å². The molecule has 1 aromatic rings. The molecule has 0 aromatic heterocycles. The molecule has 0 unspecified atom stereocenters. The molecule has 0 aliphatic carbocycles. The molecule has 0 amide bonds. The first kappa shape index (κ1) is 5.36. The monoisotopic (exact) mass is 114 g/mol. The van der Waals surface area contributed by atoms with Gasteiger partial charge in [-0.15, -0.1) is 0 Å². The Hall–Kier alpha value is -0.780. The molecule has 8 heavy (non-hydrogen) atoms. The smallest absolute Gasteiger partial charge is 0.0395 e. The van der Waals surface area contributed by atoms with E-state index in [9.17, 15) is 0 Å². The summed E-state index contributed by atoms with van der Waals surface area (Å²) in [6.45, 7) is 4.24. The second-order valence-electron chi connectivity index (χ2n) is 2.08. The van der Waals surface area contributed by atoms with Crippen molar-refractivity contribution in [2.24, 2.45) is 0 Å². The Balaban J connectivity index is 3.13. The van der Waals surface area contributed by atoms with Crippen LogP contribution in [0, 0.1) is 13.8 Å². The summed E-state index contributed by atoms with van der Waals surface area (Å²) in [5.74, 6) is 0. The predicted octanol–water partition coefficient (Wildman–Crippen LogP) is 2.30. The number of aryl methyl sites for hydroxylation is 2. The number of benzene rings is 1. The maximum Gasteiger partial charge on any atom is -0.0395 e. The van der Waals surface area contributed by atoms with Gasteiger partial charge in [0.2, 0.25) is 0 Å². The summed E-state index contributed by atoms with van der Waals surface area (Å²) in [6.07, 6.45) is 0. The van der Waals surface area contributed by atoms with E-state index >= 15 is 0 Å². The highest BCUT2D eigenvalue weighted by Gasteiger charge is 1.83. The van der Waals surface area contributed by atoms with Gasteiger partial charge in [0.05, 0.1) is 0 Å². The lowest BCUT2D eigenvalue weighted by molar-refractivity contribution is 1.34. The van der Waals surface area contributed by atoms with Gasteiger partial charge in [0.1, 0.15) is 0 Å². The number of hydrogen-bond donors (Lipinski definition) is 0. The maximum absolute atomic E-state index is 2.12. The lowest BCUT2D eigenvalue weighted by atomic mass is 10.4. The molecule has 0 saturated carbocycles. The summed E-state index contributed by atoms with van der Waals surface area (Å²) >= 11 is 0. The molecule has 0 heterocycles. The Morgan fingerprint density at radius 2 is 1.25 bits per heavy atom. The highest BCUT2D eigenvalue weighted by Crippen LogP contribution is 2.02. The van der Waals surface area contributed by atoms with E-state index < -0.39 is 0 Å². The average Bonchev–Trinajstić information content (AvgIpc) is 1.77. The van der Waals surface area contributed by atoms with Crippen molar-refractivity contribution >= 4 is 0 Å². The third-order valence-electron chi connectivity index (χ3n) is 1.43. The first-order chi connectivity index (χ1) is 3.80. The van der Waals surface area contributed by atoms with Crippen LogP contribution in [0.4, 0.5) is 0 Å². The SMILES string of the molecule is Cc1[14cH][14cH][14cH][14cH]c1C. The molecule has 0 saturated heterocycles. The van der Waals surface area contributed by atoms with Gasteiger partial charge in [-0.2, -0.15) is 0 Å². The van der Waals surface area contributed by atoms with Gasteiger partial charge in [0.15, 0.2) is 0 Å². The van der Waals surface area contributed by atoms with Gasteiger partial charge in [-0.1, -0.05) is 24.3 Å². The highest BCUT2D eigenvalue weighted by molar-refractivity contribution is 5.23. The van der Waals surface area contributed by atoms with Crippen molar-refractivity contribution in [3.05, 3.63) is 35.4 Å². The molecular formula is C8H10. The molecule has 0 spiro atoms. The number of rotatable bonds is 0. The Morgan fingerprint density at radius 1 is 0.875 bits per heavy atom. The molecule has 42 valence electrons. The zero-order valence-corrected chi connectivity index (χ0v) is 5.31. The van der Waals surface area contributed by atoms with Crippen molar-refractivity contribution in [3.63, 3.8) is 0 Å². The Bertz CT molecular complexity index is 156. The first-order valence-electron chi connectivity index (χ1n) is 2.83. The van der Waals surface area contributed by atoms with E-state index in [0.29, 0.717) is 0 Å². The zero-order valence-electron chi connectivity index (χ0n) is 5.31. The summed E-state index contributed by atoms with van der Waals surface area (Å²) in [6, 6.07) is 8.36. The topological polar surface area (TPSA) is 0 Å². The molecule has 0 heteroatoms. The van der Waals surface area contributed by atoms with Crippen LogP contribution in [-0.4, -0.2) is 0 Å². The lowest BCUT2D eigenvalue weighted by Gasteiger charge is -1.93. The summed E-state index contributed by atoms with van der Waals surface area (Å²) in [5, 5.41) is 0. The fourth-order valence-corrected chi connectivity index (χ4v) is 0.663. The number of hydrogen-bond acceptors (Lipinski definition) is 0. The minimum absolute atomic E-state index is 1.37. The fourth-order valence-electron chi connectivity index (χ4n) is 0.663. The van der Waals surface area contributed by atoms with Gasteiger partial charge in [-0.25, -0.2) is 0 Å². The third kappa shape index (κ3) is 0.890. The molecule has 1 aromatic carbocycles. The minimum atomic E-state index is 1.37. The van der Waals surface area contributed by atoms with Crippen LogP contribution in [0.25, 0.3) is 0 Å². The average molecular weight is 114 g/mol. The van der Waals surface area contributed by atoms with E-state index in [1.165, 1.54) is 11.1 Å². The molecule has 1 rings (SSSR count). The van der Waals surface area contributed by atoms with Crippen LogP contribution in [0.15, 0.2) is 24.3 Å². The molecule has 0 aliphatic heterocycles. The molecule has 0 fully saturated rings. The van der Waals surface area contributed by atoms with Crippen LogP contribution in [0.1, 0.15) is 11.1 Å². The Kier molecular flexibility index (Phi) is 1.34. The molecule has 0 N–H and O–H groups in total. The van der Waals surface area contributed by atoms with Crippen molar-refractivity contribution in [2.45, 2.75) is 13.8 Å². The van der Waals surface area contributed by atoms with Gasteiger partial charge >= 0.3 is 0 Å². The van der Waals surface area contributed by atoms with Crippen molar-refractivity contribution < 1.29 is 0 Å². The Morgan fingerprint density at radius 3 is 1.50 bits per heavy atom. The quantitative estimate of drug-likeness (QED) is 0.485. The van der Waals surface area contributed by atoms with Crippen LogP contribution in [-0.2, 0) is 0 Å². The van der Waals surface area contributed by atoms with Crippen molar-refractivity contribution in [3.8, 4) is 0 Å². The van der Waals surface area contributed by atoms with E-state index in [-0.39, 0.29) is 0 Å². The summed E-state index contributed by atoms with van der Waals surface area (Å²) in [7, 11) is 0. The van der Waals surface area contributed by atoms with Gasteiger partial charge in [0.25, 0.3) is 0 Å². The lowest BCUT2D eigenvalue weighted by Crippen LogP contribution is -1.74. The Labute approximate surface area is 50.2 Å². The summed E-state index contributed by atoms with van der Waals surface area (Å²) in [4.78, 5) is 0. The van der Waals surface area contributed by atoms with Gasteiger partial charge < -0.3 is 0 Å². The molecular weight excluding hydrogens is 104 g/mol. The van der Waals surface area contributed by atoms with E-state index in [1.807, 2.05) is 0 Å². The standard InChI is InChI=1S/C8H10/c1-7-5-3-4-6-8(7)2/h3-6H,1-2H3/i3+2,4+2,5+2,6+2. The summed E-state index contributed by atoms with van der Waals surface area (Å²) < 4.78 is 0. The normalized spacial score (nSPS) is 9.25. The van der Waals surface area contributed by atoms with Gasteiger partial charge in [-0.05, 0) is 25.0 Å². The van der Waals surface area contributed by atoms with Crippen LogP contribution in [0.5, 0.6) is 0 Å². The second kappa shape index (κ2) is 1.99. The van der Waals surface area contributed by atoms with Crippen LogP contribution >= 0.6 is 0 Å². The molecule has 0 radical (unpaired) electrons. The largest absolute Gasteiger partial charge is 0.0620 e. The maximum atomic E-state index is 2.12. The molecule has 0 bridgehead atoms. The fraction of sp³-hybridized carbons (Fsp3) is 0.250. The summed E-state index contributed by atoms with van der Waals surface area (Å²) in [5.41, 5.74) is 2.74. The first-order valence-corrected chi connectivity index (χ1v) is 2.83. The van der Waals surface area contributed by atoms with Crippen molar-refractivity contribution in [1.82, 2.24) is 0 Å². The van der Waals surface area contributed by atoms with E-state index in [1.54, 1.807) is 0 Å². The van der Waals surface area contributed by atoms with Crippen LogP contribution < -0.4 is 0 Å². The third-order valence-corrected chi connectivity index (χ3v) is 1.43. The van der Waals surface area contributed by atoms with Gasteiger partial charge in [0, 0.05) is 0 Å². The van der Waals surface area contributed by atoms with Gasteiger partial charge in [-0.3, -0.25) is 0 Å². The van der Waals surface area contributed by atoms with Crippen LogP contribution in [0.3, 0.4) is 0 Å². The van der Waals surface area contributed by atoms with E-state index in [0.717, 1.165) is 0 Å². The van der Waals surface area contributed by atoms with E-state index in [2.05, 4.69) is 38.1 Å².